The second-order valence-electron chi connectivity index (χ2n) is 10.6. The maximum absolute atomic E-state index is 13.8. The monoisotopic (exact) mass is 593 g/mol. The predicted molar refractivity (Wildman–Crippen MR) is 152 cm³/mol. The summed E-state index contributed by atoms with van der Waals surface area (Å²) >= 11 is 9.63. The molecule has 2 aliphatic rings. The molecule has 9 heteroatoms. The number of nitrogens with zero attached hydrogens (tertiary/aromatic N) is 4. The van der Waals surface area contributed by atoms with Gasteiger partial charge in [-0.3, -0.25) is 23.9 Å². The molecule has 0 bridgehead atoms. The van der Waals surface area contributed by atoms with Crippen molar-refractivity contribution in [3.8, 4) is 0 Å². The summed E-state index contributed by atoms with van der Waals surface area (Å²) in [4.78, 5) is 35.2. The smallest absolute Gasteiger partial charge is 0.329 e. The van der Waals surface area contributed by atoms with Crippen LogP contribution in [0.25, 0.3) is 11.0 Å². The third-order valence-corrected chi connectivity index (χ3v) is 8.83. The van der Waals surface area contributed by atoms with Crippen molar-refractivity contribution in [3.63, 3.8) is 0 Å². The van der Waals surface area contributed by atoms with Crippen LogP contribution in [0, 0.1) is 12.8 Å². The summed E-state index contributed by atoms with van der Waals surface area (Å²) in [7, 11) is 0. The molecule has 1 unspecified atom stereocenters. The van der Waals surface area contributed by atoms with Gasteiger partial charge in [-0.1, -0.05) is 33.6 Å². The molecule has 1 amide bonds. The van der Waals surface area contributed by atoms with Crippen LogP contribution in [0.2, 0.25) is 5.02 Å². The second-order valence-corrected chi connectivity index (χ2v) is 11.9. The number of nitrogens with one attached hydrogen (secondary N) is 1. The molecule has 2 aliphatic carbocycles. The van der Waals surface area contributed by atoms with E-state index in [1.807, 2.05) is 28.3 Å². The van der Waals surface area contributed by atoms with Gasteiger partial charge in [0.1, 0.15) is 0 Å². The molecule has 1 saturated carbocycles. The van der Waals surface area contributed by atoms with E-state index in [9.17, 15) is 9.59 Å². The number of hydrogen-bond acceptors (Lipinski definition) is 4. The van der Waals surface area contributed by atoms with Crippen LogP contribution in [0.1, 0.15) is 58.9 Å². The average molecular weight is 595 g/mol. The molecule has 1 N–H and O–H groups in total. The highest BCUT2D eigenvalue weighted by Gasteiger charge is 2.29. The first-order valence-corrected chi connectivity index (χ1v) is 14.3. The van der Waals surface area contributed by atoms with Gasteiger partial charge in [0.05, 0.1) is 33.5 Å². The van der Waals surface area contributed by atoms with Gasteiger partial charge in [0.2, 0.25) is 0 Å². The number of pyridine rings is 2. The standard InChI is InChI=1S/C29H29BrClN5O2/c1-17-25(13-22(31)14-33-17)28(37)34-23-6-2-18(3-7-23)16-35-27-15-32-9-8-26(27)36(29(35)38)24-11-19-4-5-21(30)10-20(19)12-24/h4-5,8-10,13-15,18,23-24H,2-3,6-7,11-12,16H2,1H3,(H,34,37). The van der Waals surface area contributed by atoms with E-state index in [1.54, 1.807) is 18.5 Å². The summed E-state index contributed by atoms with van der Waals surface area (Å²) in [6.07, 6.45) is 10.5. The van der Waals surface area contributed by atoms with Gasteiger partial charge in [0.25, 0.3) is 5.91 Å². The van der Waals surface area contributed by atoms with Gasteiger partial charge in [-0.05, 0) is 86.8 Å². The maximum Gasteiger partial charge on any atom is 0.329 e. The normalized spacial score (nSPS) is 21.0. The lowest BCUT2D eigenvalue weighted by atomic mass is 9.85. The van der Waals surface area contributed by atoms with E-state index in [4.69, 9.17) is 11.6 Å². The molecular formula is C29H29BrClN5O2. The Morgan fingerprint density at radius 1 is 1.08 bits per heavy atom. The van der Waals surface area contributed by atoms with Gasteiger partial charge in [-0.2, -0.15) is 0 Å². The van der Waals surface area contributed by atoms with E-state index >= 15 is 0 Å². The summed E-state index contributed by atoms with van der Waals surface area (Å²) < 4.78 is 4.98. The van der Waals surface area contributed by atoms with Gasteiger partial charge in [-0.25, -0.2) is 4.79 Å². The molecule has 6 rings (SSSR count). The van der Waals surface area contributed by atoms with Crippen molar-refractivity contribution in [1.82, 2.24) is 24.4 Å². The quantitative estimate of drug-likeness (QED) is 0.324. The summed E-state index contributed by atoms with van der Waals surface area (Å²) in [5.41, 5.74) is 5.70. The molecule has 38 heavy (non-hydrogen) atoms. The van der Waals surface area contributed by atoms with Crippen molar-refractivity contribution < 1.29 is 4.79 Å². The fourth-order valence-electron chi connectivity index (χ4n) is 6.15. The number of fused-ring (bicyclic) bond motifs is 2. The summed E-state index contributed by atoms with van der Waals surface area (Å²) in [5.74, 6) is 0.238. The van der Waals surface area contributed by atoms with E-state index in [1.165, 1.54) is 11.1 Å². The van der Waals surface area contributed by atoms with Crippen molar-refractivity contribution in [3.05, 3.63) is 91.3 Å². The van der Waals surface area contributed by atoms with Gasteiger partial charge in [-0.15, -0.1) is 0 Å². The minimum absolute atomic E-state index is 0.0456. The summed E-state index contributed by atoms with van der Waals surface area (Å²) in [5, 5.41) is 3.62. The van der Waals surface area contributed by atoms with E-state index in [2.05, 4.69) is 49.4 Å². The minimum Gasteiger partial charge on any atom is -0.349 e. The number of aryl methyl sites for hydroxylation is 1. The van der Waals surface area contributed by atoms with Crippen molar-refractivity contribution in [2.24, 2.45) is 5.92 Å². The largest absolute Gasteiger partial charge is 0.349 e. The number of amides is 1. The number of rotatable bonds is 5. The summed E-state index contributed by atoms with van der Waals surface area (Å²) in [6, 6.07) is 10.2. The Labute approximate surface area is 234 Å². The molecule has 3 aromatic heterocycles. The molecule has 0 radical (unpaired) electrons. The number of benzene rings is 1. The zero-order valence-corrected chi connectivity index (χ0v) is 23.5. The third kappa shape index (κ3) is 4.80. The van der Waals surface area contributed by atoms with Gasteiger partial charge in [0, 0.05) is 35.5 Å². The van der Waals surface area contributed by atoms with Crippen LogP contribution in [-0.4, -0.2) is 31.1 Å². The van der Waals surface area contributed by atoms with Crippen molar-refractivity contribution in [2.75, 3.05) is 0 Å². The molecule has 1 aromatic carbocycles. The molecule has 1 fully saturated rings. The molecule has 0 saturated heterocycles. The van der Waals surface area contributed by atoms with Crippen LogP contribution in [0.15, 0.2) is 58.2 Å². The van der Waals surface area contributed by atoms with Gasteiger partial charge >= 0.3 is 5.69 Å². The Morgan fingerprint density at radius 3 is 2.68 bits per heavy atom. The highest BCUT2D eigenvalue weighted by Crippen LogP contribution is 2.34. The Hall–Kier alpha value is -2.97. The number of halogens is 2. The summed E-state index contributed by atoms with van der Waals surface area (Å²) in [6.45, 7) is 2.48. The molecule has 4 aromatic rings. The van der Waals surface area contributed by atoms with Gasteiger partial charge in [0.15, 0.2) is 0 Å². The number of carbonyl (C=O) groups is 1. The highest BCUT2D eigenvalue weighted by molar-refractivity contribution is 9.10. The van der Waals surface area contributed by atoms with E-state index in [0.717, 1.165) is 54.0 Å². The Morgan fingerprint density at radius 2 is 1.87 bits per heavy atom. The fourth-order valence-corrected chi connectivity index (χ4v) is 6.72. The molecule has 3 heterocycles. The third-order valence-electron chi connectivity index (χ3n) is 8.13. The van der Waals surface area contributed by atoms with Crippen molar-refractivity contribution >= 4 is 44.5 Å². The van der Waals surface area contributed by atoms with E-state index in [0.29, 0.717) is 28.7 Å². The SMILES string of the molecule is Cc1ncc(Cl)cc1C(=O)NC1CCC(Cn2c(=O)n(C3Cc4ccc(Br)cc4C3)c3ccncc32)CC1. The topological polar surface area (TPSA) is 81.8 Å². The first-order chi connectivity index (χ1) is 18.4. The molecular weight excluding hydrogens is 566 g/mol. The highest BCUT2D eigenvalue weighted by atomic mass is 79.9. The first kappa shape index (κ1) is 25.3. The lowest BCUT2D eigenvalue weighted by Crippen LogP contribution is -2.39. The molecule has 0 spiro atoms. The van der Waals surface area contributed by atoms with Crippen LogP contribution in [0.3, 0.4) is 0 Å². The zero-order chi connectivity index (χ0) is 26.4. The van der Waals surface area contributed by atoms with E-state index < -0.39 is 0 Å². The Balaban J connectivity index is 1.16. The Bertz CT molecular complexity index is 1590. The van der Waals surface area contributed by atoms with Crippen LogP contribution in [-0.2, 0) is 19.4 Å². The molecule has 196 valence electrons. The Kier molecular flexibility index (Phi) is 6.86. The van der Waals surface area contributed by atoms with Crippen LogP contribution < -0.4 is 11.0 Å². The van der Waals surface area contributed by atoms with Crippen LogP contribution in [0.5, 0.6) is 0 Å². The van der Waals surface area contributed by atoms with Gasteiger partial charge < -0.3 is 5.32 Å². The maximum atomic E-state index is 13.8. The zero-order valence-electron chi connectivity index (χ0n) is 21.2. The second kappa shape index (κ2) is 10.3. The van der Waals surface area contributed by atoms with Crippen molar-refractivity contribution in [1.29, 1.82) is 0 Å². The molecule has 7 nitrogen and oxygen atoms in total. The first-order valence-electron chi connectivity index (χ1n) is 13.1. The number of imidazole rings is 1. The lowest BCUT2D eigenvalue weighted by Gasteiger charge is -2.29. The van der Waals surface area contributed by atoms with Crippen molar-refractivity contribution in [2.45, 2.75) is 64.1 Å². The van der Waals surface area contributed by atoms with Crippen LogP contribution in [0.4, 0.5) is 0 Å². The number of carbonyl (C=O) groups excluding carboxylic acids is 1. The lowest BCUT2D eigenvalue weighted by molar-refractivity contribution is 0.0919. The number of hydrogen-bond donors (Lipinski definition) is 1. The molecule has 0 aliphatic heterocycles. The van der Waals surface area contributed by atoms with Crippen LogP contribution >= 0.6 is 27.5 Å². The van der Waals surface area contributed by atoms with E-state index in [-0.39, 0.29) is 23.7 Å². The fraction of sp³-hybridized carbons (Fsp3) is 0.379. The molecule has 1 atom stereocenters. The number of aromatic nitrogens is 4. The predicted octanol–water partition coefficient (Wildman–Crippen LogP) is 5.65. The minimum atomic E-state index is -0.129. The average Bonchev–Trinajstić information content (AvgIpc) is 3.44.